The molecule has 1 aromatic carbocycles. The van der Waals surface area contributed by atoms with E-state index in [1.54, 1.807) is 4.58 Å². The summed E-state index contributed by atoms with van der Waals surface area (Å²) in [5.41, 5.74) is 3.08. The van der Waals surface area contributed by atoms with Gasteiger partial charge < -0.3 is 0 Å². The van der Waals surface area contributed by atoms with Gasteiger partial charge in [0.05, 0.1) is 6.72 Å². The summed E-state index contributed by atoms with van der Waals surface area (Å²) >= 11 is 0. The van der Waals surface area contributed by atoms with E-state index in [4.69, 9.17) is 5.41 Å². The zero-order valence-corrected chi connectivity index (χ0v) is 13.5. The molecule has 0 aliphatic rings. The molecular weight excluding hydrogens is 244 g/mol. The summed E-state index contributed by atoms with van der Waals surface area (Å²) in [6, 6.07) is 8.34. The van der Waals surface area contributed by atoms with Gasteiger partial charge in [-0.1, -0.05) is 44.7 Å². The molecule has 2 heteroatoms. The third kappa shape index (κ3) is 2.47. The highest BCUT2D eigenvalue weighted by atomic mass is 15.1. The molecule has 0 bridgehead atoms. The van der Waals surface area contributed by atoms with Crippen molar-refractivity contribution in [3.8, 4) is 0 Å². The van der Waals surface area contributed by atoms with Gasteiger partial charge in [-0.2, -0.15) is 0 Å². The van der Waals surface area contributed by atoms with Crippen molar-refractivity contribution in [2.45, 2.75) is 46.6 Å². The smallest absolute Gasteiger partial charge is 0.239 e. The summed E-state index contributed by atoms with van der Waals surface area (Å²) in [5.74, 6) is 0. The lowest BCUT2D eigenvalue weighted by Crippen LogP contribution is -2.49. The van der Waals surface area contributed by atoms with Crippen LogP contribution in [-0.4, -0.2) is 23.2 Å². The normalized spacial score (nSPS) is 14.4. The predicted octanol–water partition coefficient (Wildman–Crippen LogP) is 4.52. The van der Waals surface area contributed by atoms with Crippen molar-refractivity contribution in [3.05, 3.63) is 42.0 Å². The molecule has 0 amide bonds. The minimum absolute atomic E-state index is 0.168. The van der Waals surface area contributed by atoms with Crippen LogP contribution in [-0.2, 0) is 0 Å². The average Bonchev–Trinajstić information content (AvgIpc) is 2.44. The van der Waals surface area contributed by atoms with E-state index in [9.17, 15) is 0 Å². The third-order valence-electron chi connectivity index (χ3n) is 5.07. The van der Waals surface area contributed by atoms with Gasteiger partial charge in [-0.15, -0.1) is 5.41 Å². The molecule has 20 heavy (non-hydrogen) atoms. The van der Waals surface area contributed by atoms with Gasteiger partial charge in [0.1, 0.15) is 5.54 Å². The quantitative estimate of drug-likeness (QED) is 0.447. The van der Waals surface area contributed by atoms with Gasteiger partial charge in [0.2, 0.25) is 0 Å². The Morgan fingerprint density at radius 1 is 1.30 bits per heavy atom. The third-order valence-corrected chi connectivity index (χ3v) is 5.07. The minimum Gasteiger partial charge on any atom is -0.239 e. The van der Waals surface area contributed by atoms with Crippen LogP contribution in [0.1, 0.15) is 45.2 Å². The van der Waals surface area contributed by atoms with Crippen LogP contribution in [0.4, 0.5) is 0 Å². The van der Waals surface area contributed by atoms with E-state index in [1.165, 1.54) is 17.5 Å². The summed E-state index contributed by atoms with van der Waals surface area (Å²) < 4.78 is 1.72. The van der Waals surface area contributed by atoms with E-state index >= 15 is 0 Å². The number of rotatable bonds is 6. The number of hydrogen-bond donors (Lipinski definition) is 1. The van der Waals surface area contributed by atoms with Gasteiger partial charge in [-0.3, -0.25) is 0 Å². The van der Waals surface area contributed by atoms with Gasteiger partial charge in [0.15, 0.2) is 0 Å². The van der Waals surface area contributed by atoms with Crippen molar-refractivity contribution >= 4 is 18.6 Å². The number of nitrogens with zero attached hydrogens (tertiary/aromatic N) is 1. The molecule has 0 aliphatic carbocycles. The Morgan fingerprint density at radius 3 is 2.30 bits per heavy atom. The fourth-order valence-corrected chi connectivity index (χ4v) is 2.70. The zero-order chi connectivity index (χ0) is 15.6. The fraction of sp³-hybridized carbons (Fsp3) is 0.444. The topological polar surface area (TPSA) is 26.9 Å². The molecule has 1 rings (SSSR count). The van der Waals surface area contributed by atoms with Crippen LogP contribution in [0.5, 0.6) is 0 Å². The Labute approximate surface area is 123 Å². The number of benzene rings is 1. The maximum atomic E-state index is 7.52. The van der Waals surface area contributed by atoms with Gasteiger partial charge in [0, 0.05) is 5.41 Å². The molecule has 0 aliphatic heterocycles. The Bertz CT molecular complexity index is 540. The highest BCUT2D eigenvalue weighted by molar-refractivity contribution is 5.71. The van der Waals surface area contributed by atoms with E-state index in [2.05, 4.69) is 66.1 Å². The van der Waals surface area contributed by atoms with Crippen LogP contribution in [0.15, 0.2) is 30.8 Å². The van der Waals surface area contributed by atoms with E-state index in [1.807, 2.05) is 6.07 Å². The van der Waals surface area contributed by atoms with Crippen molar-refractivity contribution in [1.82, 2.24) is 0 Å². The molecule has 0 spiro atoms. The second-order valence-corrected chi connectivity index (χ2v) is 6.14. The van der Waals surface area contributed by atoms with E-state index in [-0.39, 0.29) is 11.0 Å². The van der Waals surface area contributed by atoms with Crippen molar-refractivity contribution in [2.75, 3.05) is 0 Å². The minimum atomic E-state index is -0.289. The maximum Gasteiger partial charge on any atom is 0.277 e. The number of nitrogens with one attached hydrogen (secondary N) is 1. The second kappa shape index (κ2) is 5.74. The molecule has 2 nitrogen and oxygen atoms in total. The van der Waals surface area contributed by atoms with Gasteiger partial charge in [-0.05, 0) is 43.9 Å². The molecule has 1 unspecified atom stereocenters. The highest BCUT2D eigenvalue weighted by Gasteiger charge is 2.46. The highest BCUT2D eigenvalue weighted by Crippen LogP contribution is 2.47. The Kier molecular flexibility index (Phi) is 4.69. The molecule has 0 radical (unpaired) electrons. The largest absolute Gasteiger partial charge is 0.277 e. The lowest BCUT2D eigenvalue weighted by atomic mass is 9.64. The van der Waals surface area contributed by atoms with Gasteiger partial charge >= 0.3 is 0 Å². The first-order chi connectivity index (χ1) is 9.22. The first kappa shape index (κ1) is 16.4. The van der Waals surface area contributed by atoms with Crippen LogP contribution >= 0.6 is 0 Å². The van der Waals surface area contributed by atoms with E-state index < -0.39 is 0 Å². The first-order valence-electron chi connectivity index (χ1n) is 7.08. The molecular formula is C18H27N2+. The summed E-state index contributed by atoms with van der Waals surface area (Å²) in [5, 5.41) is 7.52. The van der Waals surface area contributed by atoms with Crippen molar-refractivity contribution in [3.63, 3.8) is 0 Å². The Hall–Kier alpha value is -1.70. The average molecular weight is 271 g/mol. The Morgan fingerprint density at radius 2 is 1.85 bits per heavy atom. The fourth-order valence-electron chi connectivity index (χ4n) is 2.70. The van der Waals surface area contributed by atoms with Crippen molar-refractivity contribution in [1.29, 1.82) is 5.41 Å². The van der Waals surface area contributed by atoms with Crippen molar-refractivity contribution < 1.29 is 4.58 Å². The summed E-state index contributed by atoms with van der Waals surface area (Å²) in [6.45, 7) is 19.1. The van der Waals surface area contributed by atoms with Crippen molar-refractivity contribution in [2.24, 2.45) is 5.41 Å². The van der Waals surface area contributed by atoms with E-state index in [0.29, 0.717) is 0 Å². The van der Waals surface area contributed by atoms with Crippen LogP contribution in [0.25, 0.3) is 5.57 Å². The molecule has 1 atom stereocenters. The SMILES string of the molecule is C=C(c1ccccc1C)C(C)(CC)C(C)(C)[N+](=C)C=N. The molecule has 0 aromatic heterocycles. The first-order valence-corrected chi connectivity index (χ1v) is 7.08. The zero-order valence-electron chi connectivity index (χ0n) is 13.5. The van der Waals surface area contributed by atoms with Gasteiger partial charge in [0.25, 0.3) is 6.34 Å². The maximum absolute atomic E-state index is 7.52. The molecule has 1 aromatic rings. The van der Waals surface area contributed by atoms with Crippen LogP contribution in [0.2, 0.25) is 0 Å². The Balaban J connectivity index is 3.38. The van der Waals surface area contributed by atoms with Crippen LogP contribution < -0.4 is 0 Å². The summed E-state index contributed by atoms with van der Waals surface area (Å²) in [7, 11) is 0. The molecule has 0 saturated heterocycles. The van der Waals surface area contributed by atoms with Crippen LogP contribution in [0, 0.1) is 17.7 Å². The molecule has 1 N–H and O–H groups in total. The molecule has 108 valence electrons. The lowest BCUT2D eigenvalue weighted by molar-refractivity contribution is -0.502. The lowest BCUT2D eigenvalue weighted by Gasteiger charge is -2.43. The molecule has 0 saturated carbocycles. The van der Waals surface area contributed by atoms with Crippen LogP contribution in [0.3, 0.4) is 0 Å². The predicted molar refractivity (Wildman–Crippen MR) is 88.9 cm³/mol. The second-order valence-electron chi connectivity index (χ2n) is 6.14. The molecule has 0 fully saturated rings. The van der Waals surface area contributed by atoms with Gasteiger partial charge in [-0.25, -0.2) is 4.58 Å². The molecule has 0 heterocycles. The summed E-state index contributed by atoms with van der Waals surface area (Å²) in [4.78, 5) is 0. The number of hydrogen-bond acceptors (Lipinski definition) is 1. The standard InChI is InChI=1S/C18H27N2/c1-8-18(6,17(4,5)20(7)13-19)15(3)16-12-10-9-11-14(16)2/h9-13,19H,3,7-8H2,1-2,4-6H3/q+1. The summed E-state index contributed by atoms with van der Waals surface area (Å²) in [6.07, 6.45) is 2.23. The van der Waals surface area contributed by atoms with E-state index in [0.717, 1.165) is 12.0 Å². The monoisotopic (exact) mass is 271 g/mol. The number of aryl methyl sites for hydroxylation is 1.